The number of benzene rings is 2. The van der Waals surface area contributed by atoms with Crippen molar-refractivity contribution in [2.45, 2.75) is 20.4 Å². The van der Waals surface area contributed by atoms with Crippen LogP contribution in [0.5, 0.6) is 0 Å². The van der Waals surface area contributed by atoms with Crippen LogP contribution < -0.4 is 10.6 Å². The minimum atomic E-state index is -0.421. The average molecular weight is 402 g/mol. The number of fused-ring (bicyclic) bond motifs is 1. The summed E-state index contributed by atoms with van der Waals surface area (Å²) >= 11 is 0. The van der Waals surface area contributed by atoms with E-state index in [0.717, 1.165) is 32.6 Å². The summed E-state index contributed by atoms with van der Waals surface area (Å²) in [6.45, 7) is 4.15. The first-order chi connectivity index (χ1) is 14.5. The molecule has 3 aromatic rings. The summed E-state index contributed by atoms with van der Waals surface area (Å²) in [6, 6.07) is 14.8. The highest BCUT2D eigenvalue weighted by molar-refractivity contribution is 6.14. The predicted molar refractivity (Wildman–Crippen MR) is 116 cm³/mol. The Labute approximate surface area is 174 Å². The van der Waals surface area contributed by atoms with Gasteiger partial charge in [0.1, 0.15) is 12.2 Å². The molecular weight excluding hydrogens is 380 g/mol. The highest BCUT2D eigenvalue weighted by Gasteiger charge is 2.32. The second-order valence-corrected chi connectivity index (χ2v) is 7.18. The third-order valence-electron chi connectivity index (χ3n) is 5.01. The van der Waals surface area contributed by atoms with Gasteiger partial charge in [-0.05, 0) is 43.7 Å². The van der Waals surface area contributed by atoms with Gasteiger partial charge >= 0.3 is 6.03 Å². The van der Waals surface area contributed by atoms with Crippen molar-refractivity contribution in [3.05, 3.63) is 71.6 Å². The average Bonchev–Trinajstić information content (AvgIpc) is 3.18. The van der Waals surface area contributed by atoms with E-state index >= 15 is 0 Å². The van der Waals surface area contributed by atoms with Crippen LogP contribution in [0.3, 0.4) is 0 Å². The maximum absolute atomic E-state index is 12.6. The zero-order chi connectivity index (χ0) is 21.3. The standard InChI is InChI=1S/C23H22N4O3/c1-3-27-22(29)19(25-23(27)30)12-16-13-26(20-10-5-4-9-18(16)20)14-21(28)24-17-8-6-7-15(2)11-17/h4-13H,3,14H2,1-2H3,(H,24,28)(H,25,30)/b19-12+. The molecule has 2 heterocycles. The normalized spacial score (nSPS) is 15.1. The number of anilines is 1. The van der Waals surface area contributed by atoms with E-state index in [4.69, 9.17) is 0 Å². The molecule has 2 aromatic carbocycles. The quantitative estimate of drug-likeness (QED) is 0.506. The molecule has 1 aliphatic rings. The van der Waals surface area contributed by atoms with Gasteiger partial charge in [0.15, 0.2) is 0 Å². The van der Waals surface area contributed by atoms with Crippen LogP contribution in [-0.2, 0) is 16.1 Å². The predicted octanol–water partition coefficient (Wildman–Crippen LogP) is 3.50. The molecular formula is C23H22N4O3. The second-order valence-electron chi connectivity index (χ2n) is 7.18. The van der Waals surface area contributed by atoms with E-state index in [-0.39, 0.29) is 24.1 Å². The highest BCUT2D eigenvalue weighted by atomic mass is 16.2. The Bertz CT molecular complexity index is 1190. The number of nitrogens with one attached hydrogen (secondary N) is 2. The first-order valence-electron chi connectivity index (χ1n) is 9.75. The molecule has 4 amide bonds. The van der Waals surface area contributed by atoms with Crippen LogP contribution in [0.4, 0.5) is 10.5 Å². The zero-order valence-corrected chi connectivity index (χ0v) is 16.8. The number of imide groups is 1. The lowest BCUT2D eigenvalue weighted by atomic mass is 10.1. The van der Waals surface area contributed by atoms with Crippen LogP contribution in [0.25, 0.3) is 17.0 Å². The van der Waals surface area contributed by atoms with Gasteiger partial charge < -0.3 is 15.2 Å². The van der Waals surface area contributed by atoms with E-state index in [0.29, 0.717) is 6.54 Å². The lowest BCUT2D eigenvalue weighted by Crippen LogP contribution is -2.30. The van der Waals surface area contributed by atoms with Crippen LogP contribution in [-0.4, -0.2) is 33.9 Å². The fourth-order valence-electron chi connectivity index (χ4n) is 3.61. The monoisotopic (exact) mass is 402 g/mol. The topological polar surface area (TPSA) is 83.4 Å². The van der Waals surface area contributed by atoms with Gasteiger partial charge in [0.25, 0.3) is 5.91 Å². The van der Waals surface area contributed by atoms with Crippen molar-refractivity contribution in [3.63, 3.8) is 0 Å². The Morgan fingerprint density at radius 2 is 1.93 bits per heavy atom. The van der Waals surface area contributed by atoms with Gasteiger partial charge in [0.05, 0.1) is 0 Å². The molecule has 0 unspecified atom stereocenters. The molecule has 0 atom stereocenters. The summed E-state index contributed by atoms with van der Waals surface area (Å²) in [6.07, 6.45) is 3.48. The minimum absolute atomic E-state index is 0.124. The molecule has 2 N–H and O–H groups in total. The van der Waals surface area contributed by atoms with Gasteiger partial charge in [-0.1, -0.05) is 30.3 Å². The SMILES string of the molecule is CCN1C(=O)N/C(=C/c2cn(CC(=O)Nc3cccc(C)c3)c3ccccc23)C1=O. The molecule has 0 bridgehead atoms. The number of aryl methyl sites for hydroxylation is 1. The largest absolute Gasteiger partial charge is 0.337 e. The molecule has 1 aromatic heterocycles. The third-order valence-corrected chi connectivity index (χ3v) is 5.01. The van der Waals surface area contributed by atoms with Gasteiger partial charge in [-0.3, -0.25) is 14.5 Å². The molecule has 4 rings (SSSR count). The van der Waals surface area contributed by atoms with E-state index in [2.05, 4.69) is 10.6 Å². The number of para-hydroxylation sites is 1. The number of amides is 4. The Hall–Kier alpha value is -3.87. The number of carbonyl (C=O) groups excluding carboxylic acids is 3. The van der Waals surface area contributed by atoms with Crippen LogP contribution in [0.15, 0.2) is 60.4 Å². The van der Waals surface area contributed by atoms with E-state index in [1.165, 1.54) is 0 Å². The van der Waals surface area contributed by atoms with Crippen LogP contribution >= 0.6 is 0 Å². The maximum Gasteiger partial charge on any atom is 0.328 e. The smallest absolute Gasteiger partial charge is 0.328 e. The summed E-state index contributed by atoms with van der Waals surface area (Å²) in [5, 5.41) is 6.42. The van der Waals surface area contributed by atoms with Crippen molar-refractivity contribution in [2.75, 3.05) is 11.9 Å². The minimum Gasteiger partial charge on any atom is -0.337 e. The van der Waals surface area contributed by atoms with Gasteiger partial charge in [-0.15, -0.1) is 0 Å². The van der Waals surface area contributed by atoms with Crippen molar-refractivity contribution in [2.24, 2.45) is 0 Å². The summed E-state index contributed by atoms with van der Waals surface area (Å²) < 4.78 is 1.84. The Balaban J connectivity index is 1.63. The van der Waals surface area contributed by atoms with E-state index in [1.807, 2.05) is 66.2 Å². The molecule has 30 heavy (non-hydrogen) atoms. The van der Waals surface area contributed by atoms with Crippen molar-refractivity contribution in [3.8, 4) is 0 Å². The Morgan fingerprint density at radius 1 is 1.13 bits per heavy atom. The fourth-order valence-corrected chi connectivity index (χ4v) is 3.61. The molecule has 0 aliphatic carbocycles. The zero-order valence-electron chi connectivity index (χ0n) is 16.8. The summed E-state index contributed by atoms with van der Waals surface area (Å²) in [5.74, 6) is -0.500. The first kappa shape index (κ1) is 19.4. The fraction of sp³-hybridized carbons (Fsp3) is 0.174. The number of aromatic nitrogens is 1. The molecule has 7 heteroatoms. The molecule has 1 aliphatic heterocycles. The number of likely N-dealkylation sites (N-methyl/N-ethyl adjacent to an activating group) is 1. The van der Waals surface area contributed by atoms with Gasteiger partial charge in [0, 0.05) is 34.9 Å². The summed E-state index contributed by atoms with van der Waals surface area (Å²) in [7, 11) is 0. The van der Waals surface area contributed by atoms with Gasteiger partial charge in [0.2, 0.25) is 5.91 Å². The molecule has 0 radical (unpaired) electrons. The number of hydrogen-bond acceptors (Lipinski definition) is 3. The number of rotatable bonds is 5. The van der Waals surface area contributed by atoms with Crippen molar-refractivity contribution in [1.82, 2.24) is 14.8 Å². The molecule has 1 saturated heterocycles. The molecule has 152 valence electrons. The molecule has 0 saturated carbocycles. The maximum atomic E-state index is 12.6. The van der Waals surface area contributed by atoms with Crippen molar-refractivity contribution < 1.29 is 14.4 Å². The van der Waals surface area contributed by atoms with Crippen molar-refractivity contribution in [1.29, 1.82) is 0 Å². The van der Waals surface area contributed by atoms with Crippen LogP contribution in [0.1, 0.15) is 18.1 Å². The molecule has 0 spiro atoms. The van der Waals surface area contributed by atoms with Crippen molar-refractivity contribution >= 4 is 40.5 Å². The molecule has 7 nitrogen and oxygen atoms in total. The second kappa shape index (κ2) is 7.87. The molecule has 1 fully saturated rings. The van der Waals surface area contributed by atoms with E-state index in [9.17, 15) is 14.4 Å². The van der Waals surface area contributed by atoms with Crippen LogP contribution in [0, 0.1) is 6.92 Å². The van der Waals surface area contributed by atoms with Gasteiger partial charge in [-0.25, -0.2) is 4.79 Å². The lowest BCUT2D eigenvalue weighted by molar-refractivity contribution is -0.122. The van der Waals surface area contributed by atoms with E-state index in [1.54, 1.807) is 13.0 Å². The Morgan fingerprint density at radius 3 is 2.67 bits per heavy atom. The number of hydrogen-bond donors (Lipinski definition) is 2. The summed E-state index contributed by atoms with van der Waals surface area (Å²) in [4.78, 5) is 38.1. The highest BCUT2D eigenvalue weighted by Crippen LogP contribution is 2.25. The summed E-state index contributed by atoms with van der Waals surface area (Å²) in [5.41, 5.74) is 3.67. The third kappa shape index (κ3) is 3.69. The van der Waals surface area contributed by atoms with Gasteiger partial charge in [-0.2, -0.15) is 0 Å². The number of urea groups is 1. The van der Waals surface area contributed by atoms with Crippen LogP contribution in [0.2, 0.25) is 0 Å². The number of nitrogens with zero attached hydrogens (tertiary/aromatic N) is 2. The first-order valence-corrected chi connectivity index (χ1v) is 9.75. The Kier molecular flexibility index (Phi) is 5.10. The lowest BCUT2D eigenvalue weighted by Gasteiger charge is -2.08. The van der Waals surface area contributed by atoms with E-state index < -0.39 is 6.03 Å². The number of carbonyl (C=O) groups is 3.